The van der Waals surface area contributed by atoms with Crippen LogP contribution < -0.4 is 29.6 Å². The largest absolute Gasteiger partial charge is 1.00 e. The average molecular weight is 832 g/mol. The Balaban J connectivity index is 0.000000314. The number of morpholine rings is 2. The van der Waals surface area contributed by atoms with Crippen LogP contribution in [-0.2, 0) is 60.8 Å². The summed E-state index contributed by atoms with van der Waals surface area (Å²) in [5.41, 5.74) is 4.49. The van der Waals surface area contributed by atoms with E-state index in [2.05, 4.69) is 31.2 Å². The summed E-state index contributed by atoms with van der Waals surface area (Å²) < 4.78 is 23.3. The van der Waals surface area contributed by atoms with E-state index in [4.69, 9.17) is 18.9 Å². The first-order valence-corrected chi connectivity index (χ1v) is 19.9. The summed E-state index contributed by atoms with van der Waals surface area (Å²) in [6, 6.07) is 0. The van der Waals surface area contributed by atoms with Crippen LogP contribution in [0.4, 0.5) is 0 Å². The number of alkyl halides is 1. The number of hydrogen-bond acceptors (Lipinski definition) is 10. The van der Waals surface area contributed by atoms with E-state index in [0.29, 0.717) is 37.6 Å². The van der Waals surface area contributed by atoms with Crippen LogP contribution >= 0.6 is 15.9 Å². The number of aromatic nitrogens is 4. The Bertz CT molecular complexity index is 1600. The fourth-order valence-corrected chi connectivity index (χ4v) is 7.27. The number of aryl methyl sites for hydroxylation is 1. The van der Waals surface area contributed by atoms with Crippen molar-refractivity contribution < 1.29 is 69.1 Å². The Morgan fingerprint density at radius 3 is 1.69 bits per heavy atom. The van der Waals surface area contributed by atoms with Gasteiger partial charge in [-0.15, -0.1) is 0 Å². The minimum atomic E-state index is -0.536. The molecule has 2 amide bonds. The smallest absolute Gasteiger partial charge is 1.00 e. The van der Waals surface area contributed by atoms with E-state index < -0.39 is 5.60 Å². The molecule has 0 bridgehead atoms. The molecule has 0 spiro atoms. The zero-order chi connectivity index (χ0) is 39.2. The van der Waals surface area contributed by atoms with Crippen LogP contribution in [0.5, 0.6) is 0 Å². The average Bonchev–Trinajstić information content (AvgIpc) is 3.82. The van der Waals surface area contributed by atoms with Crippen molar-refractivity contribution in [2.24, 2.45) is 0 Å². The van der Waals surface area contributed by atoms with Gasteiger partial charge in [0.2, 0.25) is 0 Å². The van der Waals surface area contributed by atoms with Crippen LogP contribution in [0.25, 0.3) is 0 Å². The van der Waals surface area contributed by atoms with Gasteiger partial charge in [-0.05, 0) is 108 Å². The minimum absolute atomic E-state index is 0. The molecule has 2 aromatic heterocycles. The maximum atomic E-state index is 13.1. The number of carbonyl (C=O) groups is 4. The molecule has 298 valence electrons. The number of carbonyl (C=O) groups excluding carboxylic acids is 4. The van der Waals surface area contributed by atoms with Gasteiger partial charge in [-0.3, -0.25) is 29.0 Å². The number of ether oxygens (including phenoxy) is 4. The second-order valence-corrected chi connectivity index (χ2v) is 17.0. The molecule has 0 saturated carbocycles. The normalized spacial score (nSPS) is 22.1. The van der Waals surface area contributed by atoms with Gasteiger partial charge in [-0.1, -0.05) is 15.9 Å². The molecule has 2 aliphatic heterocycles. The Labute approximate surface area is 352 Å². The molecule has 0 aromatic carbocycles. The molecule has 4 atom stereocenters. The SMILES string of the molecule is CC(C)(C)OC(=O)CBr.C[C@@H]1CN(C(=O)c2n[nH]c3c2CCC3)C[C@H](C)O1.C[C@@H]1CN(C(=O)c2nn(CC(=O)OC(C)(C)C)c3c2CCC3)C[C@H](C)O1.[H-].[Na+]. The molecule has 2 saturated heterocycles. The topological polar surface area (TPSA) is 158 Å². The number of esters is 2. The zero-order valence-corrected chi connectivity index (χ0v) is 37.8. The third kappa shape index (κ3) is 13.1. The van der Waals surface area contributed by atoms with E-state index in [1.807, 2.05) is 79.0 Å². The van der Waals surface area contributed by atoms with Gasteiger partial charge >= 0.3 is 41.5 Å². The Morgan fingerprint density at radius 1 is 0.741 bits per heavy atom. The van der Waals surface area contributed by atoms with E-state index >= 15 is 0 Å². The fourth-order valence-electron chi connectivity index (χ4n) is 7.16. The number of amides is 2. The third-order valence-electron chi connectivity index (χ3n) is 8.86. The maximum Gasteiger partial charge on any atom is 1.00 e. The van der Waals surface area contributed by atoms with Crippen molar-refractivity contribution >= 4 is 39.7 Å². The molecule has 6 rings (SSSR count). The Morgan fingerprint density at radius 2 is 1.20 bits per heavy atom. The molecular weight excluding hydrogens is 771 g/mol. The van der Waals surface area contributed by atoms with E-state index in [1.165, 1.54) is 0 Å². The molecule has 4 heterocycles. The molecule has 54 heavy (non-hydrogen) atoms. The van der Waals surface area contributed by atoms with Crippen LogP contribution in [0.1, 0.15) is 127 Å². The minimum Gasteiger partial charge on any atom is -1.00 e. The van der Waals surface area contributed by atoms with Crippen molar-refractivity contribution in [3.8, 4) is 0 Å². The van der Waals surface area contributed by atoms with Crippen LogP contribution in [0, 0.1) is 0 Å². The molecule has 14 nitrogen and oxygen atoms in total. The number of nitrogens with one attached hydrogen (secondary N) is 1. The van der Waals surface area contributed by atoms with Gasteiger partial charge in [-0.2, -0.15) is 10.2 Å². The quantitative estimate of drug-likeness (QED) is 0.269. The molecule has 4 aliphatic rings. The number of H-pyrrole nitrogens is 1. The summed E-state index contributed by atoms with van der Waals surface area (Å²) >= 11 is 2.99. The van der Waals surface area contributed by atoms with Crippen molar-refractivity contribution in [3.63, 3.8) is 0 Å². The van der Waals surface area contributed by atoms with Crippen molar-refractivity contribution in [2.75, 3.05) is 31.5 Å². The van der Waals surface area contributed by atoms with Crippen LogP contribution in [-0.4, -0.2) is 121 Å². The Kier molecular flexibility index (Phi) is 16.8. The molecule has 16 heteroatoms. The number of hydrogen-bond donors (Lipinski definition) is 1. The monoisotopic (exact) mass is 830 g/mol. The maximum absolute atomic E-state index is 13.1. The van der Waals surface area contributed by atoms with Crippen LogP contribution in [0.3, 0.4) is 0 Å². The second kappa shape index (κ2) is 19.7. The van der Waals surface area contributed by atoms with Crippen molar-refractivity contribution in [1.82, 2.24) is 29.8 Å². The predicted octanol–water partition coefficient (Wildman–Crippen LogP) is 1.95. The molecule has 2 aliphatic carbocycles. The van der Waals surface area contributed by atoms with E-state index in [9.17, 15) is 19.2 Å². The first-order valence-electron chi connectivity index (χ1n) is 18.8. The van der Waals surface area contributed by atoms with Crippen molar-refractivity contribution in [3.05, 3.63) is 33.9 Å². The second-order valence-electron chi connectivity index (χ2n) is 16.4. The van der Waals surface area contributed by atoms with Gasteiger partial charge in [0.25, 0.3) is 11.8 Å². The number of nitrogens with zero attached hydrogens (tertiary/aromatic N) is 5. The standard InChI is InChI=1S/C19H29N3O4.C13H19N3O2.C6H11BrO2.Na.H/c1-12-9-21(10-13(2)25-12)18(24)17-14-7-6-8-15(14)22(20-17)11-16(23)26-19(3,4)5;1-8-6-16(7-9(2)18-8)13(17)12-10-4-3-5-11(10)14-15-12;1-6(2,3)9-5(8)4-7;;/h12-13H,6-11H2,1-5H3;8-9H,3-7H2,1-2H3,(H,14,15);4H2,1-3H3;;/q;;;+1;-1/t12-,13+;8-,9+;;;. The molecular formula is C38H60BrN6NaO8. The molecule has 1 N–H and O–H groups in total. The summed E-state index contributed by atoms with van der Waals surface area (Å²) in [6.45, 7) is 21.5. The molecule has 2 fully saturated rings. The summed E-state index contributed by atoms with van der Waals surface area (Å²) in [5, 5.41) is 12.0. The van der Waals surface area contributed by atoms with Crippen LogP contribution in [0.2, 0.25) is 0 Å². The molecule has 2 aromatic rings. The zero-order valence-electron chi connectivity index (χ0n) is 35.2. The van der Waals surface area contributed by atoms with E-state index in [0.717, 1.165) is 61.0 Å². The summed E-state index contributed by atoms with van der Waals surface area (Å²) in [4.78, 5) is 52.0. The number of fused-ring (bicyclic) bond motifs is 2. The van der Waals surface area contributed by atoms with Gasteiger partial charge in [0, 0.05) is 48.7 Å². The fraction of sp³-hybridized carbons (Fsp3) is 0.737. The van der Waals surface area contributed by atoms with Gasteiger partial charge in [-0.25, -0.2) is 0 Å². The van der Waals surface area contributed by atoms with Gasteiger partial charge in [0.1, 0.15) is 23.1 Å². The summed E-state index contributed by atoms with van der Waals surface area (Å²) in [6.07, 6.45) is 6.01. The summed E-state index contributed by atoms with van der Waals surface area (Å²) in [5.74, 6) is -0.561. The van der Waals surface area contributed by atoms with Gasteiger partial charge in [0.15, 0.2) is 11.4 Å². The number of aromatic amines is 1. The van der Waals surface area contributed by atoms with E-state index in [1.54, 1.807) is 4.68 Å². The summed E-state index contributed by atoms with van der Waals surface area (Å²) in [7, 11) is 0. The van der Waals surface area contributed by atoms with Crippen LogP contribution in [0.15, 0.2) is 0 Å². The first kappa shape index (κ1) is 46.1. The molecule has 0 radical (unpaired) electrons. The third-order valence-corrected chi connectivity index (χ3v) is 9.32. The predicted molar refractivity (Wildman–Crippen MR) is 203 cm³/mol. The van der Waals surface area contributed by atoms with Crippen molar-refractivity contribution in [2.45, 2.75) is 150 Å². The number of halogens is 1. The first-order chi connectivity index (χ1) is 24.7. The Hall–Kier alpha value is -2.30. The molecule has 0 unspecified atom stereocenters. The number of rotatable bonds is 5. The van der Waals surface area contributed by atoms with Crippen molar-refractivity contribution in [1.29, 1.82) is 0 Å². The van der Waals surface area contributed by atoms with Gasteiger partial charge in [0.05, 0.1) is 24.4 Å². The van der Waals surface area contributed by atoms with Gasteiger partial charge < -0.3 is 30.2 Å². The van der Waals surface area contributed by atoms with E-state index in [-0.39, 0.29) is 96.6 Å².